The third kappa shape index (κ3) is 3.34. The van der Waals surface area contributed by atoms with E-state index < -0.39 is 0 Å². The van der Waals surface area contributed by atoms with E-state index in [1.807, 2.05) is 19.9 Å². The minimum Gasteiger partial charge on any atom is -0.496 e. The molecule has 0 aliphatic carbocycles. The van der Waals surface area contributed by atoms with Gasteiger partial charge in [0.1, 0.15) is 11.5 Å². The van der Waals surface area contributed by atoms with E-state index in [0.717, 1.165) is 11.1 Å². The molecule has 0 spiro atoms. The molecule has 2 aromatic carbocycles. The van der Waals surface area contributed by atoms with Crippen LogP contribution in [-0.4, -0.2) is 20.1 Å². The average molecular weight is 320 g/mol. The molecule has 2 aromatic rings. The molecule has 0 unspecified atom stereocenters. The van der Waals surface area contributed by atoms with Gasteiger partial charge in [-0.3, -0.25) is 4.79 Å². The number of amides is 1. The van der Waals surface area contributed by atoms with Gasteiger partial charge in [-0.1, -0.05) is 17.7 Å². The van der Waals surface area contributed by atoms with Gasteiger partial charge in [0, 0.05) is 16.7 Å². The van der Waals surface area contributed by atoms with E-state index >= 15 is 0 Å². The quantitative estimate of drug-likeness (QED) is 0.917. The average Bonchev–Trinajstić information content (AvgIpc) is 2.51. The van der Waals surface area contributed by atoms with E-state index in [4.69, 9.17) is 21.1 Å². The van der Waals surface area contributed by atoms with E-state index in [1.165, 1.54) is 7.11 Å². The van der Waals surface area contributed by atoms with E-state index in [9.17, 15) is 4.79 Å². The molecule has 0 bridgehead atoms. The number of halogens is 1. The minimum absolute atomic E-state index is 0.238. The highest BCUT2D eigenvalue weighted by molar-refractivity contribution is 6.31. The lowest BCUT2D eigenvalue weighted by atomic mass is 10.1. The van der Waals surface area contributed by atoms with Crippen LogP contribution in [0.25, 0.3) is 0 Å². The Bertz CT molecular complexity index is 713. The van der Waals surface area contributed by atoms with Gasteiger partial charge in [-0.05, 0) is 43.2 Å². The van der Waals surface area contributed by atoms with Crippen molar-refractivity contribution in [3.63, 3.8) is 0 Å². The summed E-state index contributed by atoms with van der Waals surface area (Å²) >= 11 is 6.07. The third-order valence-electron chi connectivity index (χ3n) is 3.40. The number of aryl methyl sites for hydroxylation is 2. The Labute approximate surface area is 135 Å². The Morgan fingerprint density at radius 1 is 1.00 bits per heavy atom. The summed E-state index contributed by atoms with van der Waals surface area (Å²) in [5.41, 5.74) is 2.92. The van der Waals surface area contributed by atoms with Gasteiger partial charge in [0.05, 0.1) is 19.9 Å². The molecular weight excluding hydrogens is 302 g/mol. The van der Waals surface area contributed by atoms with Crippen molar-refractivity contribution in [1.29, 1.82) is 0 Å². The molecule has 0 saturated heterocycles. The standard InChI is InChI=1S/C17H18ClNO3/c1-10-5-6-12(8-15(10)21-3)17(20)19-14-7-11(2)13(18)9-16(14)22-4/h5-9H,1-4H3,(H,19,20). The molecule has 5 heteroatoms. The van der Waals surface area contributed by atoms with Crippen LogP contribution in [0.4, 0.5) is 5.69 Å². The van der Waals surface area contributed by atoms with Gasteiger partial charge >= 0.3 is 0 Å². The molecule has 4 nitrogen and oxygen atoms in total. The van der Waals surface area contributed by atoms with Gasteiger partial charge in [-0.15, -0.1) is 0 Å². The number of methoxy groups -OCH3 is 2. The largest absolute Gasteiger partial charge is 0.496 e. The summed E-state index contributed by atoms with van der Waals surface area (Å²) in [7, 11) is 3.11. The molecule has 0 aliphatic heterocycles. The van der Waals surface area contributed by atoms with Crippen molar-refractivity contribution in [3.8, 4) is 11.5 Å². The first kappa shape index (κ1) is 16.2. The summed E-state index contributed by atoms with van der Waals surface area (Å²) in [5, 5.41) is 3.43. The van der Waals surface area contributed by atoms with Crippen molar-refractivity contribution in [2.75, 3.05) is 19.5 Å². The first-order valence-corrected chi connectivity index (χ1v) is 7.14. The normalized spacial score (nSPS) is 10.2. The van der Waals surface area contributed by atoms with E-state index in [2.05, 4.69) is 5.32 Å². The van der Waals surface area contributed by atoms with Crippen molar-refractivity contribution >= 4 is 23.2 Å². The van der Waals surface area contributed by atoms with Gasteiger partial charge in [0.25, 0.3) is 5.91 Å². The Hall–Kier alpha value is -2.20. The lowest BCUT2D eigenvalue weighted by Crippen LogP contribution is -2.13. The molecule has 0 radical (unpaired) electrons. The lowest BCUT2D eigenvalue weighted by Gasteiger charge is -2.13. The maximum Gasteiger partial charge on any atom is 0.255 e. The van der Waals surface area contributed by atoms with Gasteiger partial charge in [0.2, 0.25) is 0 Å². The predicted molar refractivity (Wildman–Crippen MR) is 88.4 cm³/mol. The molecule has 1 amide bonds. The highest BCUT2D eigenvalue weighted by atomic mass is 35.5. The summed E-state index contributed by atoms with van der Waals surface area (Å²) < 4.78 is 10.5. The fraction of sp³-hybridized carbons (Fsp3) is 0.235. The van der Waals surface area contributed by atoms with Crippen molar-refractivity contribution in [1.82, 2.24) is 0 Å². The second-order valence-corrected chi connectivity index (χ2v) is 5.35. The zero-order valence-corrected chi connectivity index (χ0v) is 13.7. The van der Waals surface area contributed by atoms with Crippen molar-refractivity contribution in [2.24, 2.45) is 0 Å². The monoisotopic (exact) mass is 319 g/mol. The van der Waals surface area contributed by atoms with E-state index in [1.54, 1.807) is 31.4 Å². The highest BCUT2D eigenvalue weighted by Gasteiger charge is 2.13. The number of hydrogen-bond acceptors (Lipinski definition) is 3. The molecule has 0 aromatic heterocycles. The van der Waals surface area contributed by atoms with Crippen LogP contribution in [0.15, 0.2) is 30.3 Å². The maximum atomic E-state index is 12.4. The number of carbonyl (C=O) groups is 1. The fourth-order valence-corrected chi connectivity index (χ4v) is 2.24. The number of nitrogens with one attached hydrogen (secondary N) is 1. The molecule has 0 heterocycles. The fourth-order valence-electron chi connectivity index (χ4n) is 2.09. The summed E-state index contributed by atoms with van der Waals surface area (Å²) in [4.78, 5) is 12.4. The van der Waals surface area contributed by atoms with Gasteiger partial charge in [0.15, 0.2) is 0 Å². The smallest absolute Gasteiger partial charge is 0.255 e. The summed E-state index contributed by atoms with van der Waals surface area (Å²) in [5.74, 6) is 0.952. The van der Waals surface area contributed by atoms with Crippen LogP contribution in [-0.2, 0) is 0 Å². The Kier molecular flexibility index (Phi) is 4.93. The van der Waals surface area contributed by atoms with Crippen LogP contribution in [0.5, 0.6) is 11.5 Å². The lowest BCUT2D eigenvalue weighted by molar-refractivity contribution is 0.102. The van der Waals surface area contributed by atoms with Crippen LogP contribution in [0, 0.1) is 13.8 Å². The second-order valence-electron chi connectivity index (χ2n) is 4.94. The molecule has 1 N–H and O–H groups in total. The van der Waals surface area contributed by atoms with Gasteiger partial charge in [-0.25, -0.2) is 0 Å². The molecular formula is C17H18ClNO3. The summed E-state index contributed by atoms with van der Waals surface area (Å²) in [6.45, 7) is 3.79. The zero-order valence-electron chi connectivity index (χ0n) is 13.0. The predicted octanol–water partition coefficient (Wildman–Crippen LogP) is 4.23. The van der Waals surface area contributed by atoms with Crippen molar-refractivity contribution in [3.05, 3.63) is 52.0 Å². The SMILES string of the molecule is COc1cc(C(=O)Nc2cc(C)c(Cl)cc2OC)ccc1C. The van der Waals surface area contributed by atoms with Crippen LogP contribution in [0.1, 0.15) is 21.5 Å². The Morgan fingerprint density at radius 3 is 2.32 bits per heavy atom. The number of hydrogen-bond donors (Lipinski definition) is 1. The number of carbonyl (C=O) groups excluding carboxylic acids is 1. The highest BCUT2D eigenvalue weighted by Crippen LogP contribution is 2.31. The molecule has 0 fully saturated rings. The van der Waals surface area contributed by atoms with Crippen LogP contribution in [0.2, 0.25) is 5.02 Å². The first-order valence-electron chi connectivity index (χ1n) is 6.76. The molecule has 22 heavy (non-hydrogen) atoms. The second kappa shape index (κ2) is 6.71. The van der Waals surface area contributed by atoms with Crippen LogP contribution >= 0.6 is 11.6 Å². The first-order chi connectivity index (χ1) is 10.5. The topological polar surface area (TPSA) is 47.6 Å². The van der Waals surface area contributed by atoms with Crippen molar-refractivity contribution < 1.29 is 14.3 Å². The van der Waals surface area contributed by atoms with Crippen LogP contribution < -0.4 is 14.8 Å². The molecule has 116 valence electrons. The number of ether oxygens (including phenoxy) is 2. The third-order valence-corrected chi connectivity index (χ3v) is 3.81. The number of rotatable bonds is 4. The van der Waals surface area contributed by atoms with Crippen molar-refractivity contribution in [2.45, 2.75) is 13.8 Å². The molecule has 0 aliphatic rings. The van der Waals surface area contributed by atoms with Gasteiger partial charge < -0.3 is 14.8 Å². The molecule has 0 saturated carbocycles. The number of anilines is 1. The summed E-state index contributed by atoms with van der Waals surface area (Å²) in [6, 6.07) is 8.77. The van der Waals surface area contributed by atoms with Crippen LogP contribution in [0.3, 0.4) is 0 Å². The van der Waals surface area contributed by atoms with Gasteiger partial charge in [-0.2, -0.15) is 0 Å². The molecule has 2 rings (SSSR count). The maximum absolute atomic E-state index is 12.4. The van der Waals surface area contributed by atoms with E-state index in [0.29, 0.717) is 27.8 Å². The van der Waals surface area contributed by atoms with E-state index in [-0.39, 0.29) is 5.91 Å². The Morgan fingerprint density at radius 2 is 1.68 bits per heavy atom. The molecule has 0 atom stereocenters. The zero-order chi connectivity index (χ0) is 16.3. The Balaban J connectivity index is 2.31. The minimum atomic E-state index is -0.238. The summed E-state index contributed by atoms with van der Waals surface area (Å²) in [6.07, 6.45) is 0. The number of benzene rings is 2.